The third-order valence-corrected chi connectivity index (χ3v) is 2.39. The lowest BCUT2D eigenvalue weighted by atomic mass is 10.2. The molecule has 0 aromatic heterocycles. The first-order valence-electron chi connectivity index (χ1n) is 6.48. The molecule has 0 saturated carbocycles. The molecule has 0 heterocycles. The van der Waals surface area contributed by atoms with Crippen LogP contribution in [0.25, 0.3) is 0 Å². The topological polar surface area (TPSA) is 30.5 Å². The molecule has 1 aromatic carbocycles. The molecule has 1 rings (SSSR count). The Balaban J connectivity index is 2.27. The molecule has 0 aliphatic heterocycles. The summed E-state index contributed by atoms with van der Waals surface area (Å²) in [4.78, 5) is 0. The van der Waals surface area contributed by atoms with Crippen molar-refractivity contribution in [2.45, 2.75) is 19.9 Å². The Morgan fingerprint density at radius 2 is 2.22 bits per heavy atom. The summed E-state index contributed by atoms with van der Waals surface area (Å²) in [7, 11) is 0. The zero-order valence-corrected chi connectivity index (χ0v) is 11.2. The molecule has 1 N–H and O–H groups in total. The SMILES string of the molecule is C=CCOCCOc1cccc(CNCCC)c1. The highest BCUT2D eigenvalue weighted by Crippen LogP contribution is 2.13. The van der Waals surface area contributed by atoms with Crippen LogP contribution in [0, 0.1) is 0 Å². The van der Waals surface area contributed by atoms with Crippen LogP contribution in [-0.2, 0) is 11.3 Å². The Kier molecular flexibility index (Phi) is 7.93. The molecule has 0 aliphatic carbocycles. The zero-order valence-electron chi connectivity index (χ0n) is 11.2. The van der Waals surface area contributed by atoms with Crippen molar-refractivity contribution in [2.75, 3.05) is 26.4 Å². The second-order valence-corrected chi connectivity index (χ2v) is 4.04. The summed E-state index contributed by atoms with van der Waals surface area (Å²) in [6.07, 6.45) is 2.89. The van der Waals surface area contributed by atoms with Gasteiger partial charge in [-0.15, -0.1) is 6.58 Å². The number of hydrogen-bond acceptors (Lipinski definition) is 3. The normalized spacial score (nSPS) is 10.3. The molecule has 100 valence electrons. The molecule has 0 saturated heterocycles. The van der Waals surface area contributed by atoms with Gasteiger partial charge >= 0.3 is 0 Å². The predicted octanol–water partition coefficient (Wildman–Crippen LogP) is 2.77. The molecule has 3 heteroatoms. The van der Waals surface area contributed by atoms with Gasteiger partial charge in [-0.2, -0.15) is 0 Å². The van der Waals surface area contributed by atoms with E-state index in [9.17, 15) is 0 Å². The largest absolute Gasteiger partial charge is 0.491 e. The molecular weight excluding hydrogens is 226 g/mol. The van der Waals surface area contributed by atoms with Crippen LogP contribution in [0.5, 0.6) is 5.75 Å². The second-order valence-electron chi connectivity index (χ2n) is 4.04. The van der Waals surface area contributed by atoms with Gasteiger partial charge in [0.15, 0.2) is 0 Å². The Morgan fingerprint density at radius 1 is 1.33 bits per heavy atom. The van der Waals surface area contributed by atoms with E-state index < -0.39 is 0 Å². The van der Waals surface area contributed by atoms with Crippen LogP contribution in [0.2, 0.25) is 0 Å². The fourth-order valence-corrected chi connectivity index (χ4v) is 1.54. The highest BCUT2D eigenvalue weighted by molar-refractivity contribution is 5.28. The van der Waals surface area contributed by atoms with Gasteiger partial charge in [-0.3, -0.25) is 0 Å². The van der Waals surface area contributed by atoms with Crippen LogP contribution in [0.1, 0.15) is 18.9 Å². The third kappa shape index (κ3) is 6.42. The number of rotatable bonds is 10. The molecule has 0 spiro atoms. The molecule has 0 bridgehead atoms. The summed E-state index contributed by atoms with van der Waals surface area (Å²) in [6, 6.07) is 8.15. The van der Waals surface area contributed by atoms with Crippen LogP contribution in [-0.4, -0.2) is 26.4 Å². The van der Waals surface area contributed by atoms with Crippen molar-refractivity contribution in [1.29, 1.82) is 0 Å². The molecule has 0 radical (unpaired) electrons. The van der Waals surface area contributed by atoms with E-state index in [0.29, 0.717) is 19.8 Å². The molecule has 0 unspecified atom stereocenters. The van der Waals surface area contributed by atoms with Crippen LogP contribution in [0.15, 0.2) is 36.9 Å². The van der Waals surface area contributed by atoms with Crippen LogP contribution in [0.4, 0.5) is 0 Å². The first-order chi connectivity index (χ1) is 8.86. The number of hydrogen-bond donors (Lipinski definition) is 1. The molecule has 3 nitrogen and oxygen atoms in total. The Morgan fingerprint density at radius 3 is 3.00 bits per heavy atom. The second kappa shape index (κ2) is 9.68. The van der Waals surface area contributed by atoms with Crippen LogP contribution < -0.4 is 10.1 Å². The van der Waals surface area contributed by atoms with E-state index in [1.807, 2.05) is 12.1 Å². The van der Waals surface area contributed by atoms with E-state index >= 15 is 0 Å². The average Bonchev–Trinajstić information content (AvgIpc) is 2.39. The minimum Gasteiger partial charge on any atom is -0.491 e. The highest BCUT2D eigenvalue weighted by atomic mass is 16.5. The summed E-state index contributed by atoms with van der Waals surface area (Å²) in [5, 5.41) is 3.37. The Hall–Kier alpha value is -1.32. The van der Waals surface area contributed by atoms with Crippen molar-refractivity contribution in [3.63, 3.8) is 0 Å². The first kappa shape index (κ1) is 14.7. The molecular formula is C15H23NO2. The van der Waals surface area contributed by atoms with E-state index in [4.69, 9.17) is 9.47 Å². The lowest BCUT2D eigenvalue weighted by molar-refractivity contribution is 0.121. The van der Waals surface area contributed by atoms with Gasteiger partial charge in [0.25, 0.3) is 0 Å². The number of nitrogens with one attached hydrogen (secondary N) is 1. The van der Waals surface area contributed by atoms with Crippen molar-refractivity contribution >= 4 is 0 Å². The maximum absolute atomic E-state index is 5.61. The Labute approximate surface area is 110 Å². The minimum atomic E-state index is 0.569. The van der Waals surface area contributed by atoms with E-state index in [1.54, 1.807) is 6.08 Å². The zero-order chi connectivity index (χ0) is 13.1. The maximum atomic E-state index is 5.61. The van der Waals surface area contributed by atoms with E-state index in [-0.39, 0.29) is 0 Å². The number of ether oxygens (including phenoxy) is 2. The first-order valence-corrected chi connectivity index (χ1v) is 6.48. The van der Waals surface area contributed by atoms with Crippen molar-refractivity contribution in [2.24, 2.45) is 0 Å². The van der Waals surface area contributed by atoms with Crippen molar-refractivity contribution < 1.29 is 9.47 Å². The molecule has 0 fully saturated rings. The highest BCUT2D eigenvalue weighted by Gasteiger charge is 1.97. The van der Waals surface area contributed by atoms with Gasteiger partial charge in [0.1, 0.15) is 12.4 Å². The summed E-state index contributed by atoms with van der Waals surface area (Å²) in [6.45, 7) is 9.41. The number of benzene rings is 1. The summed E-state index contributed by atoms with van der Waals surface area (Å²) >= 11 is 0. The Bertz CT molecular complexity index is 339. The summed E-state index contributed by atoms with van der Waals surface area (Å²) in [5.74, 6) is 0.896. The van der Waals surface area contributed by atoms with Crippen LogP contribution in [0.3, 0.4) is 0 Å². The van der Waals surface area contributed by atoms with E-state index in [1.165, 1.54) is 5.56 Å². The van der Waals surface area contributed by atoms with Crippen molar-refractivity contribution in [3.05, 3.63) is 42.5 Å². The van der Waals surface area contributed by atoms with Gasteiger partial charge in [-0.25, -0.2) is 0 Å². The monoisotopic (exact) mass is 249 g/mol. The van der Waals surface area contributed by atoms with Gasteiger partial charge in [0, 0.05) is 6.54 Å². The predicted molar refractivity (Wildman–Crippen MR) is 75.0 cm³/mol. The van der Waals surface area contributed by atoms with Gasteiger partial charge < -0.3 is 14.8 Å². The van der Waals surface area contributed by atoms with Gasteiger partial charge in [0.05, 0.1) is 13.2 Å². The van der Waals surface area contributed by atoms with Crippen LogP contribution >= 0.6 is 0 Å². The van der Waals surface area contributed by atoms with E-state index in [2.05, 4.69) is 31.0 Å². The maximum Gasteiger partial charge on any atom is 0.119 e. The smallest absolute Gasteiger partial charge is 0.119 e. The lowest BCUT2D eigenvalue weighted by Crippen LogP contribution is -2.13. The van der Waals surface area contributed by atoms with Crippen molar-refractivity contribution in [3.8, 4) is 5.75 Å². The average molecular weight is 249 g/mol. The summed E-state index contributed by atoms with van der Waals surface area (Å²) < 4.78 is 10.9. The fourth-order valence-electron chi connectivity index (χ4n) is 1.54. The van der Waals surface area contributed by atoms with Gasteiger partial charge in [0.2, 0.25) is 0 Å². The minimum absolute atomic E-state index is 0.569. The van der Waals surface area contributed by atoms with E-state index in [0.717, 1.165) is 25.3 Å². The molecule has 0 atom stereocenters. The third-order valence-electron chi connectivity index (χ3n) is 2.39. The standard InChI is InChI=1S/C15H23NO2/c1-3-8-16-13-14-6-5-7-15(12-14)18-11-10-17-9-4-2/h4-7,12,16H,2-3,8-11,13H2,1H3. The fraction of sp³-hybridized carbons (Fsp3) is 0.467. The van der Waals surface area contributed by atoms with Gasteiger partial charge in [-0.05, 0) is 30.7 Å². The molecule has 0 amide bonds. The molecule has 1 aromatic rings. The lowest BCUT2D eigenvalue weighted by Gasteiger charge is -2.08. The molecule has 18 heavy (non-hydrogen) atoms. The van der Waals surface area contributed by atoms with Gasteiger partial charge in [-0.1, -0.05) is 25.1 Å². The van der Waals surface area contributed by atoms with Crippen molar-refractivity contribution in [1.82, 2.24) is 5.32 Å². The quantitative estimate of drug-likeness (QED) is 0.511. The molecule has 0 aliphatic rings. The summed E-state index contributed by atoms with van der Waals surface area (Å²) in [5.41, 5.74) is 1.24.